The van der Waals surface area contributed by atoms with Crippen LogP contribution in [0.3, 0.4) is 0 Å². The lowest BCUT2D eigenvalue weighted by Crippen LogP contribution is -2.26. The highest BCUT2D eigenvalue weighted by atomic mass is 35.5. The van der Waals surface area contributed by atoms with Crippen LogP contribution in [0.2, 0.25) is 5.02 Å². The van der Waals surface area contributed by atoms with E-state index in [4.69, 9.17) is 21.4 Å². The number of rotatable bonds is 8. The zero-order valence-corrected chi connectivity index (χ0v) is 13.5. The maximum Gasteiger partial charge on any atom is 0.356 e. The fourth-order valence-electron chi connectivity index (χ4n) is 1.80. The molecule has 1 aromatic carbocycles. The molecule has 0 aliphatic rings. The second-order valence-electron chi connectivity index (χ2n) is 4.86. The number of nitrogens with one attached hydrogen (secondary N) is 1. The molecule has 0 spiro atoms. The largest absolute Gasteiger partial charge is 0.494 e. The number of carboxylic acids is 1. The lowest BCUT2D eigenvalue weighted by molar-refractivity contribution is 0.0689. The smallest absolute Gasteiger partial charge is 0.356 e. The number of aromatic carboxylic acids is 1. The van der Waals surface area contributed by atoms with Crippen LogP contribution >= 0.6 is 11.6 Å². The number of nitrogens with zero attached hydrogens (tertiary/aromatic N) is 2. The van der Waals surface area contributed by atoms with Crippen LogP contribution in [0.25, 0.3) is 0 Å². The molecular formula is C16H16ClN3O4. The Bertz CT molecular complexity index is 689. The van der Waals surface area contributed by atoms with Gasteiger partial charge in [0, 0.05) is 11.6 Å². The first kappa shape index (κ1) is 17.7. The molecule has 0 fully saturated rings. The minimum atomic E-state index is -1.19. The fourth-order valence-corrected chi connectivity index (χ4v) is 1.92. The number of amides is 1. The molecule has 7 nitrogen and oxygen atoms in total. The Balaban J connectivity index is 1.64. The first-order valence-electron chi connectivity index (χ1n) is 7.28. The summed E-state index contributed by atoms with van der Waals surface area (Å²) in [4.78, 5) is 29.9. The van der Waals surface area contributed by atoms with Crippen LogP contribution < -0.4 is 10.1 Å². The van der Waals surface area contributed by atoms with Crippen molar-refractivity contribution >= 4 is 23.5 Å². The van der Waals surface area contributed by atoms with Gasteiger partial charge in [-0.2, -0.15) is 0 Å². The third-order valence-corrected chi connectivity index (χ3v) is 3.29. The summed E-state index contributed by atoms with van der Waals surface area (Å²) in [5, 5.41) is 12.1. The van der Waals surface area contributed by atoms with E-state index in [0.29, 0.717) is 18.2 Å². The van der Waals surface area contributed by atoms with E-state index >= 15 is 0 Å². The van der Waals surface area contributed by atoms with E-state index in [1.54, 1.807) is 24.3 Å². The van der Waals surface area contributed by atoms with Gasteiger partial charge >= 0.3 is 5.97 Å². The highest BCUT2D eigenvalue weighted by Gasteiger charge is 2.10. The van der Waals surface area contributed by atoms with Gasteiger partial charge in [0.05, 0.1) is 19.0 Å². The highest BCUT2D eigenvalue weighted by Crippen LogP contribution is 2.15. The van der Waals surface area contributed by atoms with Crippen molar-refractivity contribution in [3.8, 4) is 5.75 Å². The molecule has 0 atom stereocenters. The molecule has 0 radical (unpaired) electrons. The monoisotopic (exact) mass is 349 g/mol. The second-order valence-corrected chi connectivity index (χ2v) is 5.29. The van der Waals surface area contributed by atoms with Crippen molar-refractivity contribution in [1.82, 2.24) is 15.3 Å². The summed E-state index contributed by atoms with van der Waals surface area (Å²) in [7, 11) is 0. The maximum absolute atomic E-state index is 11.8. The normalized spacial score (nSPS) is 10.2. The van der Waals surface area contributed by atoms with Gasteiger partial charge in [0.25, 0.3) is 5.91 Å². The third-order valence-electron chi connectivity index (χ3n) is 3.04. The maximum atomic E-state index is 11.8. The summed E-state index contributed by atoms with van der Waals surface area (Å²) >= 11 is 5.78. The minimum absolute atomic E-state index is 0.0809. The van der Waals surface area contributed by atoms with Crippen LogP contribution in [0.4, 0.5) is 0 Å². The molecule has 0 bridgehead atoms. The molecule has 24 heavy (non-hydrogen) atoms. The van der Waals surface area contributed by atoms with Gasteiger partial charge in [0.2, 0.25) is 0 Å². The van der Waals surface area contributed by atoms with Gasteiger partial charge in [-0.25, -0.2) is 14.8 Å². The fraction of sp³-hybridized carbons (Fsp3) is 0.250. The van der Waals surface area contributed by atoms with E-state index in [-0.39, 0.29) is 11.4 Å². The standard InChI is InChI=1S/C16H16ClN3O4/c17-11-3-5-12(6-4-11)24-8-2-1-7-18-15(21)13-9-20-14(10-19-13)16(22)23/h3-6,9-10H,1-2,7-8H2,(H,18,21)(H,22,23). The number of carbonyl (C=O) groups is 2. The molecule has 1 heterocycles. The van der Waals surface area contributed by atoms with Crippen molar-refractivity contribution < 1.29 is 19.4 Å². The van der Waals surface area contributed by atoms with E-state index in [1.807, 2.05) is 0 Å². The predicted octanol–water partition coefficient (Wildman–Crippen LogP) is 2.42. The molecule has 8 heteroatoms. The van der Waals surface area contributed by atoms with E-state index in [2.05, 4.69) is 15.3 Å². The average molecular weight is 350 g/mol. The molecule has 0 aliphatic heterocycles. The van der Waals surface area contributed by atoms with Gasteiger partial charge in [-0.05, 0) is 37.1 Å². The number of benzene rings is 1. The zero-order chi connectivity index (χ0) is 17.4. The topological polar surface area (TPSA) is 101 Å². The first-order chi connectivity index (χ1) is 11.6. The van der Waals surface area contributed by atoms with Gasteiger partial charge in [0.15, 0.2) is 5.69 Å². The van der Waals surface area contributed by atoms with Crippen molar-refractivity contribution in [3.05, 3.63) is 53.1 Å². The van der Waals surface area contributed by atoms with Gasteiger partial charge in [-0.3, -0.25) is 4.79 Å². The summed E-state index contributed by atoms with van der Waals surface area (Å²) in [5.41, 5.74) is -0.122. The van der Waals surface area contributed by atoms with E-state index in [9.17, 15) is 9.59 Å². The van der Waals surface area contributed by atoms with Crippen LogP contribution in [-0.4, -0.2) is 40.1 Å². The van der Waals surface area contributed by atoms with Crippen molar-refractivity contribution in [2.24, 2.45) is 0 Å². The van der Waals surface area contributed by atoms with Crippen LogP contribution in [0.15, 0.2) is 36.7 Å². The Morgan fingerprint density at radius 2 is 1.75 bits per heavy atom. The Morgan fingerprint density at radius 1 is 1.08 bits per heavy atom. The summed E-state index contributed by atoms with van der Waals surface area (Å²) in [5.74, 6) is -0.828. The van der Waals surface area contributed by atoms with Crippen molar-refractivity contribution in [2.75, 3.05) is 13.2 Å². The molecule has 1 aromatic heterocycles. The number of hydrogen-bond acceptors (Lipinski definition) is 5. The summed E-state index contributed by atoms with van der Waals surface area (Å²) in [6.07, 6.45) is 3.70. The number of aromatic nitrogens is 2. The Morgan fingerprint density at radius 3 is 2.38 bits per heavy atom. The molecule has 126 valence electrons. The quantitative estimate of drug-likeness (QED) is 0.710. The summed E-state index contributed by atoms with van der Waals surface area (Å²) in [6, 6.07) is 7.11. The zero-order valence-electron chi connectivity index (χ0n) is 12.7. The minimum Gasteiger partial charge on any atom is -0.494 e. The molecule has 0 saturated carbocycles. The van der Waals surface area contributed by atoms with Crippen LogP contribution in [0.5, 0.6) is 5.75 Å². The molecule has 2 aromatic rings. The number of ether oxygens (including phenoxy) is 1. The Kier molecular flexibility index (Phi) is 6.51. The van der Waals surface area contributed by atoms with Crippen LogP contribution in [0, 0.1) is 0 Å². The average Bonchev–Trinajstić information content (AvgIpc) is 2.59. The first-order valence-corrected chi connectivity index (χ1v) is 7.66. The molecular weight excluding hydrogens is 334 g/mol. The number of carbonyl (C=O) groups excluding carboxylic acids is 1. The lowest BCUT2D eigenvalue weighted by atomic mass is 10.3. The number of hydrogen-bond donors (Lipinski definition) is 2. The second kappa shape index (κ2) is 8.83. The van der Waals surface area contributed by atoms with Crippen molar-refractivity contribution in [2.45, 2.75) is 12.8 Å². The molecule has 2 N–H and O–H groups in total. The van der Waals surface area contributed by atoms with Gasteiger partial charge in [-0.15, -0.1) is 0 Å². The molecule has 0 aliphatic carbocycles. The Labute approximate surface area is 143 Å². The van der Waals surface area contributed by atoms with Gasteiger partial charge < -0.3 is 15.2 Å². The third kappa shape index (κ3) is 5.51. The summed E-state index contributed by atoms with van der Waals surface area (Å²) < 4.78 is 5.54. The van der Waals surface area contributed by atoms with Gasteiger partial charge in [-0.1, -0.05) is 11.6 Å². The van der Waals surface area contributed by atoms with Gasteiger partial charge in [0.1, 0.15) is 11.4 Å². The SMILES string of the molecule is O=C(O)c1cnc(C(=O)NCCCCOc2ccc(Cl)cc2)cn1. The Hall–Kier alpha value is -2.67. The highest BCUT2D eigenvalue weighted by molar-refractivity contribution is 6.30. The summed E-state index contributed by atoms with van der Waals surface area (Å²) in [6.45, 7) is 0.996. The van der Waals surface area contributed by atoms with E-state index in [0.717, 1.165) is 31.0 Å². The van der Waals surface area contributed by atoms with Crippen molar-refractivity contribution in [1.29, 1.82) is 0 Å². The number of halogens is 1. The predicted molar refractivity (Wildman–Crippen MR) is 87.5 cm³/mol. The van der Waals surface area contributed by atoms with Crippen molar-refractivity contribution in [3.63, 3.8) is 0 Å². The number of unbranched alkanes of at least 4 members (excludes halogenated alkanes) is 1. The molecule has 2 rings (SSSR count). The van der Waals surface area contributed by atoms with Crippen LogP contribution in [-0.2, 0) is 0 Å². The van der Waals surface area contributed by atoms with Crippen LogP contribution in [0.1, 0.15) is 33.8 Å². The van der Waals surface area contributed by atoms with E-state index in [1.165, 1.54) is 0 Å². The molecule has 0 unspecified atom stereocenters. The number of carboxylic acid groups (broad SMARTS) is 1. The molecule has 1 amide bonds. The lowest BCUT2D eigenvalue weighted by Gasteiger charge is -2.07. The van der Waals surface area contributed by atoms with E-state index < -0.39 is 11.9 Å². The molecule has 0 saturated heterocycles.